The van der Waals surface area contributed by atoms with Crippen molar-refractivity contribution in [2.75, 3.05) is 22.6 Å². The van der Waals surface area contributed by atoms with Crippen molar-refractivity contribution >= 4 is 44.8 Å². The van der Waals surface area contributed by atoms with Crippen molar-refractivity contribution in [1.29, 1.82) is 0 Å². The molecular formula is C22H21ClN4O5S. The van der Waals surface area contributed by atoms with Crippen molar-refractivity contribution < 1.29 is 18.0 Å². The van der Waals surface area contributed by atoms with Crippen LogP contribution in [-0.4, -0.2) is 43.0 Å². The summed E-state index contributed by atoms with van der Waals surface area (Å²) in [5.41, 5.74) is 1.17. The van der Waals surface area contributed by atoms with Gasteiger partial charge in [0, 0.05) is 40.6 Å². The summed E-state index contributed by atoms with van der Waals surface area (Å²) in [6.45, 7) is 0. The summed E-state index contributed by atoms with van der Waals surface area (Å²) in [7, 11) is -3.59. The maximum absolute atomic E-state index is 12.7. The number of carbonyl (C=O) groups is 2. The lowest BCUT2D eigenvalue weighted by atomic mass is 10.2. The highest BCUT2D eigenvalue weighted by atomic mass is 35.5. The number of aromatic nitrogens is 1. The van der Waals surface area contributed by atoms with Crippen LogP contribution in [0.5, 0.6) is 0 Å². The Bertz CT molecular complexity index is 1310. The maximum Gasteiger partial charge on any atom is 0.319 e. The fourth-order valence-corrected chi connectivity index (χ4v) is 3.89. The van der Waals surface area contributed by atoms with E-state index in [4.69, 9.17) is 11.6 Å². The zero-order valence-corrected chi connectivity index (χ0v) is 19.1. The summed E-state index contributed by atoms with van der Waals surface area (Å²) in [6, 6.07) is 15.3. The topological polar surface area (TPSA) is 126 Å². The van der Waals surface area contributed by atoms with Gasteiger partial charge >= 0.3 is 6.03 Å². The Morgan fingerprint density at radius 1 is 0.939 bits per heavy atom. The first kappa shape index (κ1) is 24.0. The Kier molecular flexibility index (Phi) is 7.52. The van der Waals surface area contributed by atoms with E-state index in [0.29, 0.717) is 22.1 Å². The molecule has 0 aliphatic heterocycles. The van der Waals surface area contributed by atoms with Crippen molar-refractivity contribution in [1.82, 2.24) is 9.88 Å². The van der Waals surface area contributed by atoms with Crippen LogP contribution in [0.3, 0.4) is 0 Å². The molecule has 3 rings (SSSR count). The number of rotatable bonds is 7. The number of nitrogens with one attached hydrogen (secondary N) is 3. The first-order valence-corrected chi connectivity index (χ1v) is 12.1. The number of amides is 3. The lowest BCUT2D eigenvalue weighted by Gasteiger charge is -2.18. The average Bonchev–Trinajstić information content (AvgIpc) is 2.75. The van der Waals surface area contributed by atoms with Gasteiger partial charge in [-0.2, -0.15) is 0 Å². The molecule has 0 saturated carbocycles. The number of carbonyl (C=O) groups excluding carboxylic acids is 2. The van der Waals surface area contributed by atoms with Crippen LogP contribution < -0.4 is 21.5 Å². The Labute approximate surface area is 195 Å². The standard InChI is InChI=1S/C22H21ClN4O5S/c1-33(31,32)14-19(26-22(30)25-17-7-5-15(23)6-8-17)21(29)24-16-9-11-18(12-10-16)27-13-3-2-4-20(27)28/h2-13,19H,14H2,1H3,(H,24,29)(H2,25,26,30)/t19-/m0/s1. The van der Waals surface area contributed by atoms with Gasteiger partial charge in [-0.15, -0.1) is 0 Å². The summed E-state index contributed by atoms with van der Waals surface area (Å²) >= 11 is 5.81. The van der Waals surface area contributed by atoms with Crippen LogP contribution in [0.1, 0.15) is 0 Å². The van der Waals surface area contributed by atoms with E-state index in [0.717, 1.165) is 6.26 Å². The highest BCUT2D eigenvalue weighted by Crippen LogP contribution is 2.14. The summed E-state index contributed by atoms with van der Waals surface area (Å²) in [4.78, 5) is 37.0. The molecule has 172 valence electrons. The Morgan fingerprint density at radius 2 is 1.55 bits per heavy atom. The van der Waals surface area contributed by atoms with Crippen molar-refractivity contribution in [2.45, 2.75) is 6.04 Å². The van der Waals surface area contributed by atoms with Crippen molar-refractivity contribution in [3.8, 4) is 5.69 Å². The van der Waals surface area contributed by atoms with Gasteiger partial charge in [-0.3, -0.25) is 14.2 Å². The van der Waals surface area contributed by atoms with Crippen LogP contribution in [-0.2, 0) is 14.6 Å². The number of sulfone groups is 1. The molecule has 0 spiro atoms. The molecule has 1 heterocycles. The van der Waals surface area contributed by atoms with E-state index in [1.165, 1.54) is 10.6 Å². The molecule has 3 aromatic rings. The van der Waals surface area contributed by atoms with Crippen LogP contribution in [0.4, 0.5) is 16.2 Å². The van der Waals surface area contributed by atoms with Gasteiger partial charge in [-0.1, -0.05) is 17.7 Å². The highest BCUT2D eigenvalue weighted by molar-refractivity contribution is 7.90. The SMILES string of the molecule is CS(=O)(=O)C[C@H](NC(=O)Nc1ccc(Cl)cc1)C(=O)Nc1ccc(-n2ccccc2=O)cc1. The summed E-state index contributed by atoms with van der Waals surface area (Å²) in [5.74, 6) is -1.30. The van der Waals surface area contributed by atoms with Crippen LogP contribution in [0.15, 0.2) is 77.7 Å². The molecule has 0 bridgehead atoms. The van der Waals surface area contributed by atoms with Gasteiger partial charge in [0.05, 0.1) is 5.75 Å². The van der Waals surface area contributed by atoms with Crippen LogP contribution in [0.25, 0.3) is 5.69 Å². The maximum atomic E-state index is 12.7. The minimum Gasteiger partial charge on any atom is -0.325 e. The molecule has 3 N–H and O–H groups in total. The fourth-order valence-electron chi connectivity index (χ4n) is 2.92. The number of halogens is 1. The minimum absolute atomic E-state index is 0.210. The van der Waals surface area contributed by atoms with E-state index in [1.807, 2.05) is 0 Å². The molecule has 1 atom stereocenters. The largest absolute Gasteiger partial charge is 0.325 e. The fraction of sp³-hybridized carbons (Fsp3) is 0.136. The molecule has 0 fully saturated rings. The van der Waals surface area contributed by atoms with Crippen LogP contribution >= 0.6 is 11.6 Å². The second kappa shape index (κ2) is 10.3. The van der Waals surface area contributed by atoms with Crippen LogP contribution in [0.2, 0.25) is 5.02 Å². The van der Waals surface area contributed by atoms with Crippen LogP contribution in [0, 0.1) is 0 Å². The molecule has 0 aliphatic rings. The van der Waals surface area contributed by atoms with E-state index in [9.17, 15) is 22.8 Å². The van der Waals surface area contributed by atoms with E-state index >= 15 is 0 Å². The number of urea groups is 1. The van der Waals surface area contributed by atoms with Gasteiger partial charge in [0.1, 0.15) is 15.9 Å². The van der Waals surface area contributed by atoms with Crippen molar-refractivity contribution in [2.24, 2.45) is 0 Å². The van der Waals surface area contributed by atoms with Crippen molar-refractivity contribution in [3.05, 3.63) is 88.3 Å². The van der Waals surface area contributed by atoms with Crippen molar-refractivity contribution in [3.63, 3.8) is 0 Å². The highest BCUT2D eigenvalue weighted by Gasteiger charge is 2.25. The number of benzene rings is 2. The molecule has 1 aromatic heterocycles. The normalized spacial score (nSPS) is 11.9. The first-order chi connectivity index (χ1) is 15.6. The summed E-state index contributed by atoms with van der Waals surface area (Å²) in [6.07, 6.45) is 2.58. The predicted molar refractivity (Wildman–Crippen MR) is 128 cm³/mol. The quantitative estimate of drug-likeness (QED) is 0.471. The monoisotopic (exact) mass is 488 g/mol. The zero-order chi connectivity index (χ0) is 24.0. The number of pyridine rings is 1. The van der Waals surface area contributed by atoms with E-state index in [-0.39, 0.29) is 5.56 Å². The zero-order valence-electron chi connectivity index (χ0n) is 17.5. The Morgan fingerprint density at radius 3 is 2.15 bits per heavy atom. The van der Waals surface area contributed by atoms with Gasteiger partial charge in [0.2, 0.25) is 5.91 Å². The molecule has 11 heteroatoms. The second-order valence-electron chi connectivity index (χ2n) is 7.20. The van der Waals surface area contributed by atoms with Gasteiger partial charge in [0.15, 0.2) is 0 Å². The molecule has 0 saturated heterocycles. The molecule has 0 aliphatic carbocycles. The average molecular weight is 489 g/mol. The first-order valence-electron chi connectivity index (χ1n) is 9.70. The third kappa shape index (κ3) is 7.19. The lowest BCUT2D eigenvalue weighted by molar-refractivity contribution is -0.117. The lowest BCUT2D eigenvalue weighted by Crippen LogP contribution is -2.49. The Hall–Kier alpha value is -3.63. The number of nitrogens with zero attached hydrogens (tertiary/aromatic N) is 1. The molecule has 2 aromatic carbocycles. The molecular weight excluding hydrogens is 468 g/mol. The molecule has 3 amide bonds. The third-order valence-corrected chi connectivity index (χ3v) is 5.62. The third-order valence-electron chi connectivity index (χ3n) is 4.43. The smallest absolute Gasteiger partial charge is 0.319 e. The number of hydrogen-bond acceptors (Lipinski definition) is 5. The predicted octanol–water partition coefficient (Wildman–Crippen LogP) is 2.66. The molecule has 33 heavy (non-hydrogen) atoms. The Balaban J connectivity index is 1.71. The summed E-state index contributed by atoms with van der Waals surface area (Å²) in [5, 5.41) is 7.97. The minimum atomic E-state index is -3.59. The second-order valence-corrected chi connectivity index (χ2v) is 9.82. The van der Waals surface area contributed by atoms with E-state index in [2.05, 4.69) is 16.0 Å². The van der Waals surface area contributed by atoms with E-state index < -0.39 is 33.6 Å². The molecule has 0 radical (unpaired) electrons. The molecule has 0 unspecified atom stereocenters. The number of anilines is 2. The molecule has 9 nitrogen and oxygen atoms in total. The summed E-state index contributed by atoms with van der Waals surface area (Å²) < 4.78 is 25.1. The van der Waals surface area contributed by atoms with Gasteiger partial charge < -0.3 is 16.0 Å². The van der Waals surface area contributed by atoms with Gasteiger partial charge in [-0.25, -0.2) is 13.2 Å². The van der Waals surface area contributed by atoms with Gasteiger partial charge in [0.25, 0.3) is 5.56 Å². The number of hydrogen-bond donors (Lipinski definition) is 3. The van der Waals surface area contributed by atoms with E-state index in [1.54, 1.807) is 66.9 Å². The van der Waals surface area contributed by atoms with Gasteiger partial charge in [-0.05, 0) is 54.6 Å².